The molecule has 0 radical (unpaired) electrons. The molecule has 0 atom stereocenters. The van der Waals surface area contributed by atoms with Gasteiger partial charge in [0.2, 0.25) is 0 Å². The zero-order valence-electron chi connectivity index (χ0n) is 7.46. The Hall–Kier alpha value is -1.34. The van der Waals surface area contributed by atoms with E-state index < -0.39 is 0 Å². The van der Waals surface area contributed by atoms with Gasteiger partial charge in [-0.1, -0.05) is 42.5 Å². The van der Waals surface area contributed by atoms with Crippen molar-refractivity contribution in [3.8, 4) is 0 Å². The van der Waals surface area contributed by atoms with Gasteiger partial charge < -0.3 is 5.11 Å². The summed E-state index contributed by atoms with van der Waals surface area (Å²) in [6.07, 6.45) is 11.1. The second-order valence-corrected chi connectivity index (χ2v) is 3.29. The number of hydrogen-bond acceptors (Lipinski definition) is 1. The fourth-order valence-electron chi connectivity index (χ4n) is 1.60. The summed E-state index contributed by atoms with van der Waals surface area (Å²) in [5.74, 6) is 0. The van der Waals surface area contributed by atoms with E-state index in [1.807, 2.05) is 18.2 Å². The maximum atomic E-state index is 9.07. The van der Waals surface area contributed by atoms with Gasteiger partial charge in [0.15, 0.2) is 0 Å². The van der Waals surface area contributed by atoms with Crippen molar-refractivity contribution < 1.29 is 5.11 Å². The zero-order chi connectivity index (χ0) is 9.26. The molecule has 0 aromatic heterocycles. The van der Waals surface area contributed by atoms with Crippen LogP contribution in [0.3, 0.4) is 0 Å². The molecule has 0 spiro atoms. The Labute approximate surface area is 78.1 Å². The molecule has 0 aromatic carbocycles. The van der Waals surface area contributed by atoms with Crippen LogP contribution in [0.15, 0.2) is 59.3 Å². The molecule has 0 unspecified atom stereocenters. The van der Waals surface area contributed by atoms with Crippen molar-refractivity contribution in [2.75, 3.05) is 6.61 Å². The van der Waals surface area contributed by atoms with Crippen LogP contribution < -0.4 is 0 Å². The number of aliphatic hydroxyl groups is 1. The molecular weight excluding hydrogens is 160 g/mol. The summed E-state index contributed by atoms with van der Waals surface area (Å²) in [4.78, 5) is 0. The number of allylic oxidation sites excluding steroid dienone is 7. The van der Waals surface area contributed by atoms with Gasteiger partial charge in [0, 0.05) is 0 Å². The maximum Gasteiger partial charge on any atom is 0.0687 e. The summed E-state index contributed by atoms with van der Waals surface area (Å²) in [6.45, 7) is 4.03. The number of aliphatic hydroxyl groups excluding tert-OH is 1. The van der Waals surface area contributed by atoms with Crippen LogP contribution in [0.25, 0.3) is 0 Å². The molecule has 1 N–H and O–H groups in total. The first-order chi connectivity index (χ1) is 6.31. The summed E-state index contributed by atoms with van der Waals surface area (Å²) in [5, 5.41) is 9.07. The van der Waals surface area contributed by atoms with Crippen molar-refractivity contribution in [2.45, 2.75) is 6.42 Å². The fourth-order valence-corrected chi connectivity index (χ4v) is 1.60. The smallest absolute Gasteiger partial charge is 0.0687 e. The normalized spacial score (nSPS) is 20.4. The molecule has 0 heterocycles. The SMILES string of the molecule is C=C1C=CC2=CC=C(CO)C2=CC1. The second-order valence-electron chi connectivity index (χ2n) is 3.29. The minimum atomic E-state index is 0.117. The first-order valence-corrected chi connectivity index (χ1v) is 4.40. The molecule has 0 fully saturated rings. The highest BCUT2D eigenvalue weighted by molar-refractivity contribution is 5.61. The molecule has 0 bridgehead atoms. The van der Waals surface area contributed by atoms with Gasteiger partial charge in [-0.2, -0.15) is 0 Å². The monoisotopic (exact) mass is 172 g/mol. The third kappa shape index (κ3) is 1.43. The first-order valence-electron chi connectivity index (χ1n) is 4.40. The van der Waals surface area contributed by atoms with Crippen LogP contribution in [0.2, 0.25) is 0 Å². The summed E-state index contributed by atoms with van der Waals surface area (Å²) in [7, 11) is 0. The minimum Gasteiger partial charge on any atom is -0.392 e. The van der Waals surface area contributed by atoms with Crippen molar-refractivity contribution in [1.29, 1.82) is 0 Å². The van der Waals surface area contributed by atoms with Crippen LogP contribution in [0, 0.1) is 0 Å². The summed E-state index contributed by atoms with van der Waals surface area (Å²) < 4.78 is 0. The molecule has 13 heavy (non-hydrogen) atoms. The molecule has 1 nitrogen and oxygen atoms in total. The van der Waals surface area contributed by atoms with Crippen LogP contribution in [-0.4, -0.2) is 11.7 Å². The summed E-state index contributed by atoms with van der Waals surface area (Å²) in [6, 6.07) is 0. The second kappa shape index (κ2) is 3.19. The summed E-state index contributed by atoms with van der Waals surface area (Å²) in [5.41, 5.74) is 4.47. The van der Waals surface area contributed by atoms with Crippen molar-refractivity contribution in [3.63, 3.8) is 0 Å². The van der Waals surface area contributed by atoms with E-state index in [9.17, 15) is 0 Å². The third-order valence-corrected chi connectivity index (χ3v) is 2.36. The molecule has 0 aromatic rings. The Morgan fingerprint density at radius 1 is 1.31 bits per heavy atom. The Kier molecular flexibility index (Phi) is 2.03. The quantitative estimate of drug-likeness (QED) is 0.643. The van der Waals surface area contributed by atoms with Gasteiger partial charge in [0.05, 0.1) is 6.61 Å². The molecule has 1 heteroatoms. The fraction of sp³-hybridized carbons (Fsp3) is 0.167. The predicted molar refractivity (Wildman–Crippen MR) is 54.2 cm³/mol. The highest BCUT2D eigenvalue weighted by Gasteiger charge is 2.13. The van der Waals surface area contributed by atoms with E-state index in [4.69, 9.17) is 5.11 Å². The van der Waals surface area contributed by atoms with Gasteiger partial charge >= 0.3 is 0 Å². The Morgan fingerprint density at radius 2 is 2.15 bits per heavy atom. The average Bonchev–Trinajstić information content (AvgIpc) is 2.45. The van der Waals surface area contributed by atoms with E-state index in [0.717, 1.165) is 23.1 Å². The van der Waals surface area contributed by atoms with E-state index in [1.54, 1.807) is 0 Å². The predicted octanol–water partition coefficient (Wildman–Crippen LogP) is 2.29. The number of rotatable bonds is 1. The van der Waals surface area contributed by atoms with E-state index in [2.05, 4.69) is 18.7 Å². The van der Waals surface area contributed by atoms with Crippen LogP contribution in [0.5, 0.6) is 0 Å². The lowest BCUT2D eigenvalue weighted by Crippen LogP contribution is -1.92. The highest BCUT2D eigenvalue weighted by Crippen LogP contribution is 2.30. The lowest BCUT2D eigenvalue weighted by atomic mass is 10.0. The van der Waals surface area contributed by atoms with Gasteiger partial charge in [0.25, 0.3) is 0 Å². The molecule has 0 amide bonds. The lowest BCUT2D eigenvalue weighted by molar-refractivity contribution is 0.334. The third-order valence-electron chi connectivity index (χ3n) is 2.36. The van der Waals surface area contributed by atoms with Crippen LogP contribution >= 0.6 is 0 Å². The maximum absolute atomic E-state index is 9.07. The molecule has 0 aliphatic heterocycles. The molecule has 2 rings (SSSR count). The molecule has 2 aliphatic carbocycles. The average molecular weight is 172 g/mol. The topological polar surface area (TPSA) is 20.2 Å². The lowest BCUT2D eigenvalue weighted by Gasteiger charge is -2.02. The Balaban J connectivity index is 2.37. The van der Waals surface area contributed by atoms with E-state index >= 15 is 0 Å². The van der Waals surface area contributed by atoms with Gasteiger partial charge in [-0.3, -0.25) is 0 Å². The molecular formula is C12H12O. The van der Waals surface area contributed by atoms with Crippen molar-refractivity contribution in [1.82, 2.24) is 0 Å². The standard InChI is InChI=1S/C12H12O/c1-9-2-4-10-5-6-11(8-13)12(10)7-3-9/h2,4-7,13H,1,3,8H2. The number of hydrogen-bond donors (Lipinski definition) is 1. The summed E-state index contributed by atoms with van der Waals surface area (Å²) >= 11 is 0. The van der Waals surface area contributed by atoms with E-state index in [0.29, 0.717) is 0 Å². The van der Waals surface area contributed by atoms with Crippen molar-refractivity contribution in [3.05, 3.63) is 59.3 Å². The van der Waals surface area contributed by atoms with Gasteiger partial charge in [-0.15, -0.1) is 0 Å². The van der Waals surface area contributed by atoms with Gasteiger partial charge in [0.1, 0.15) is 0 Å². The Morgan fingerprint density at radius 3 is 2.92 bits per heavy atom. The van der Waals surface area contributed by atoms with Gasteiger partial charge in [-0.25, -0.2) is 0 Å². The van der Waals surface area contributed by atoms with Crippen LogP contribution in [0.4, 0.5) is 0 Å². The molecule has 0 saturated carbocycles. The van der Waals surface area contributed by atoms with E-state index in [1.165, 1.54) is 5.57 Å². The van der Waals surface area contributed by atoms with Crippen LogP contribution in [-0.2, 0) is 0 Å². The Bertz CT molecular complexity index is 365. The highest BCUT2D eigenvalue weighted by atomic mass is 16.3. The van der Waals surface area contributed by atoms with Crippen molar-refractivity contribution >= 4 is 0 Å². The largest absolute Gasteiger partial charge is 0.392 e. The van der Waals surface area contributed by atoms with E-state index in [-0.39, 0.29) is 6.61 Å². The first kappa shape index (κ1) is 8.27. The van der Waals surface area contributed by atoms with Gasteiger partial charge in [-0.05, 0) is 23.1 Å². The molecule has 2 aliphatic rings. The van der Waals surface area contributed by atoms with Crippen molar-refractivity contribution in [2.24, 2.45) is 0 Å². The molecule has 66 valence electrons. The number of fused-ring (bicyclic) bond motifs is 1. The van der Waals surface area contributed by atoms with Crippen LogP contribution in [0.1, 0.15) is 6.42 Å². The zero-order valence-corrected chi connectivity index (χ0v) is 7.46. The minimum absolute atomic E-state index is 0.117. The molecule has 0 saturated heterocycles.